The molecule has 3 aromatic heterocycles. The summed E-state index contributed by atoms with van der Waals surface area (Å²) in [5.74, 6) is 0.290. The number of hydrogen-bond acceptors (Lipinski definition) is 6. The number of Topliss-reactive ketones (excluding diaryl/α,β-unsaturated/α-hetero) is 1. The molecule has 1 saturated heterocycles. The molecule has 3 aliphatic rings. The lowest BCUT2D eigenvalue weighted by Crippen LogP contribution is -2.43. The average molecular weight is 554 g/mol. The molecule has 0 radical (unpaired) electrons. The summed E-state index contributed by atoms with van der Waals surface area (Å²) in [7, 11) is 0. The Kier molecular flexibility index (Phi) is 6.83. The number of nitrogens with one attached hydrogen (secondary N) is 1. The second kappa shape index (κ2) is 10.3. The maximum absolute atomic E-state index is 13.9. The van der Waals surface area contributed by atoms with Gasteiger partial charge in [-0.25, -0.2) is 4.98 Å². The molecule has 11 heteroatoms. The molecule has 0 unspecified atom stereocenters. The molecule has 2 aliphatic carbocycles. The number of pyridine rings is 2. The number of rotatable bonds is 5. The second-order valence-electron chi connectivity index (χ2n) is 11.1. The number of hydrogen-bond donors (Lipinski definition) is 1. The molecular weight excluding hydrogens is 523 g/mol. The SMILES string of the molecule is O=C(CC1=Cc2cccnc2C2(CCC(Oc3cnc4[nH]ncc4c3)CC2)C(=O)C1)N1CCC[C@@H]1CC(F)(F)F. The molecule has 8 nitrogen and oxygen atoms in total. The lowest BCUT2D eigenvalue weighted by atomic mass is 9.66. The van der Waals surface area contributed by atoms with Crippen molar-refractivity contribution in [1.82, 2.24) is 25.1 Å². The zero-order valence-corrected chi connectivity index (χ0v) is 21.9. The number of likely N-dealkylation sites (tertiary alicyclic amines) is 1. The number of H-pyrrole nitrogens is 1. The van der Waals surface area contributed by atoms with Gasteiger partial charge in [0.05, 0.1) is 36.0 Å². The Morgan fingerprint density at radius 2 is 2.00 bits per heavy atom. The van der Waals surface area contributed by atoms with Crippen LogP contribution >= 0.6 is 0 Å². The van der Waals surface area contributed by atoms with Crippen molar-refractivity contribution < 1.29 is 27.5 Å². The summed E-state index contributed by atoms with van der Waals surface area (Å²) >= 11 is 0. The third kappa shape index (κ3) is 5.21. The Morgan fingerprint density at radius 3 is 2.80 bits per heavy atom. The summed E-state index contributed by atoms with van der Waals surface area (Å²) in [5, 5.41) is 7.66. The van der Waals surface area contributed by atoms with Crippen LogP contribution in [0.3, 0.4) is 0 Å². The van der Waals surface area contributed by atoms with Crippen LogP contribution in [0, 0.1) is 0 Å². The predicted octanol–water partition coefficient (Wildman–Crippen LogP) is 5.30. The van der Waals surface area contributed by atoms with Crippen LogP contribution in [-0.2, 0) is 15.0 Å². The Morgan fingerprint density at radius 1 is 1.18 bits per heavy atom. The van der Waals surface area contributed by atoms with E-state index in [4.69, 9.17) is 4.74 Å². The van der Waals surface area contributed by atoms with E-state index in [1.165, 1.54) is 4.90 Å². The van der Waals surface area contributed by atoms with Crippen LogP contribution in [0.4, 0.5) is 13.2 Å². The maximum Gasteiger partial charge on any atom is 0.391 e. The van der Waals surface area contributed by atoms with Gasteiger partial charge in [-0.05, 0) is 56.2 Å². The molecule has 1 aliphatic heterocycles. The van der Waals surface area contributed by atoms with Crippen molar-refractivity contribution in [3.05, 3.63) is 53.6 Å². The topological polar surface area (TPSA) is 101 Å². The van der Waals surface area contributed by atoms with Crippen molar-refractivity contribution in [1.29, 1.82) is 0 Å². The summed E-state index contributed by atoms with van der Waals surface area (Å²) in [6, 6.07) is 4.74. The minimum Gasteiger partial charge on any atom is -0.489 e. The monoisotopic (exact) mass is 553 g/mol. The largest absolute Gasteiger partial charge is 0.489 e. The van der Waals surface area contributed by atoms with E-state index in [1.807, 2.05) is 18.2 Å². The molecular formula is C29H30F3N5O3. The van der Waals surface area contributed by atoms with Crippen LogP contribution in [0.2, 0.25) is 0 Å². The Hall–Kier alpha value is -3.76. The summed E-state index contributed by atoms with van der Waals surface area (Å²) in [6.45, 7) is 0.313. The number of ether oxygens (including phenoxy) is 1. The van der Waals surface area contributed by atoms with E-state index in [2.05, 4.69) is 20.2 Å². The van der Waals surface area contributed by atoms with E-state index in [0.29, 0.717) is 67.7 Å². The number of aromatic nitrogens is 4. The van der Waals surface area contributed by atoms with Gasteiger partial charge in [0, 0.05) is 37.0 Å². The van der Waals surface area contributed by atoms with Crippen molar-refractivity contribution in [2.24, 2.45) is 0 Å². The fourth-order valence-electron chi connectivity index (χ4n) is 6.56. The third-order valence-electron chi connectivity index (χ3n) is 8.47. The average Bonchev–Trinajstić information content (AvgIpc) is 3.55. The van der Waals surface area contributed by atoms with E-state index in [0.717, 1.165) is 10.9 Å². The summed E-state index contributed by atoms with van der Waals surface area (Å²) in [6.07, 6.45) is 4.75. The van der Waals surface area contributed by atoms with Crippen LogP contribution in [0.1, 0.15) is 69.0 Å². The molecule has 0 bridgehead atoms. The van der Waals surface area contributed by atoms with Gasteiger partial charge < -0.3 is 9.64 Å². The number of carbonyl (C=O) groups is 2. The van der Waals surface area contributed by atoms with Crippen molar-refractivity contribution in [3.63, 3.8) is 0 Å². The number of fused-ring (bicyclic) bond motifs is 3. The number of amides is 1. The molecule has 1 atom stereocenters. The second-order valence-corrected chi connectivity index (χ2v) is 11.1. The molecule has 3 aromatic rings. The Labute approximate surface area is 229 Å². The molecule has 1 spiro atoms. The van der Waals surface area contributed by atoms with E-state index in [-0.39, 0.29) is 30.6 Å². The lowest BCUT2D eigenvalue weighted by molar-refractivity contribution is -0.151. The standard InChI is InChI=1S/C29H30F3N5O3/c30-29(31,32)15-21-4-2-10-37(21)25(39)13-18-11-19-3-1-9-33-26(19)28(24(38)12-18)7-5-22(6-8-28)40-23-14-20-16-35-36-27(20)34-17-23/h1,3,9,11,14,16-17,21-22H,2,4-8,10,12-13,15H2,(H,34,35,36)/t21-,22?,28?/m1/s1. The summed E-state index contributed by atoms with van der Waals surface area (Å²) in [4.78, 5) is 37.4. The van der Waals surface area contributed by atoms with Crippen LogP contribution in [0.5, 0.6) is 5.75 Å². The first kappa shape index (κ1) is 26.5. The van der Waals surface area contributed by atoms with Gasteiger partial charge in [-0.2, -0.15) is 18.3 Å². The van der Waals surface area contributed by atoms with Crippen molar-refractivity contribution in [2.45, 2.75) is 81.5 Å². The highest BCUT2D eigenvalue weighted by Gasteiger charge is 2.47. The number of ketones is 1. The molecule has 1 amide bonds. The highest BCUT2D eigenvalue weighted by Crippen LogP contribution is 2.45. The molecule has 4 heterocycles. The van der Waals surface area contributed by atoms with Crippen LogP contribution in [0.25, 0.3) is 17.1 Å². The zero-order valence-electron chi connectivity index (χ0n) is 21.9. The maximum atomic E-state index is 13.9. The predicted molar refractivity (Wildman–Crippen MR) is 140 cm³/mol. The van der Waals surface area contributed by atoms with Gasteiger partial charge in [0.15, 0.2) is 5.65 Å². The zero-order chi connectivity index (χ0) is 27.9. The number of carbonyl (C=O) groups excluding carboxylic acids is 2. The van der Waals surface area contributed by atoms with E-state index < -0.39 is 24.1 Å². The smallest absolute Gasteiger partial charge is 0.391 e. The first-order chi connectivity index (χ1) is 19.2. The normalized spacial score (nSPS) is 25.1. The van der Waals surface area contributed by atoms with Gasteiger partial charge in [0.1, 0.15) is 11.5 Å². The highest BCUT2D eigenvalue weighted by atomic mass is 19.4. The number of aromatic amines is 1. The van der Waals surface area contributed by atoms with Crippen LogP contribution in [-0.4, -0.2) is 61.6 Å². The minimum atomic E-state index is -4.33. The fourth-order valence-corrected chi connectivity index (χ4v) is 6.56. The van der Waals surface area contributed by atoms with Gasteiger partial charge in [-0.3, -0.25) is 19.7 Å². The number of alkyl halides is 3. The van der Waals surface area contributed by atoms with Gasteiger partial charge in [0.25, 0.3) is 0 Å². The molecule has 40 heavy (non-hydrogen) atoms. The van der Waals surface area contributed by atoms with Gasteiger partial charge >= 0.3 is 6.18 Å². The van der Waals surface area contributed by atoms with E-state index in [9.17, 15) is 22.8 Å². The number of halogens is 3. The highest BCUT2D eigenvalue weighted by molar-refractivity contribution is 5.96. The van der Waals surface area contributed by atoms with Gasteiger partial charge in [-0.15, -0.1) is 0 Å². The molecule has 2 fully saturated rings. The molecule has 1 N–H and O–H groups in total. The van der Waals surface area contributed by atoms with Gasteiger partial charge in [0.2, 0.25) is 5.91 Å². The van der Waals surface area contributed by atoms with Crippen molar-refractivity contribution in [2.75, 3.05) is 6.54 Å². The van der Waals surface area contributed by atoms with Crippen molar-refractivity contribution >= 4 is 28.8 Å². The Bertz CT molecular complexity index is 1460. The number of nitrogens with zero attached hydrogens (tertiary/aromatic N) is 4. The van der Waals surface area contributed by atoms with Crippen LogP contribution in [0.15, 0.2) is 42.4 Å². The molecule has 210 valence electrons. The molecule has 1 saturated carbocycles. The van der Waals surface area contributed by atoms with Crippen LogP contribution < -0.4 is 4.74 Å². The van der Waals surface area contributed by atoms with E-state index in [1.54, 1.807) is 24.7 Å². The summed E-state index contributed by atoms with van der Waals surface area (Å²) < 4.78 is 45.4. The third-order valence-corrected chi connectivity index (χ3v) is 8.47. The van der Waals surface area contributed by atoms with Crippen molar-refractivity contribution in [3.8, 4) is 5.75 Å². The first-order valence-electron chi connectivity index (χ1n) is 13.7. The lowest BCUT2D eigenvalue weighted by Gasteiger charge is -2.38. The fraction of sp³-hybridized carbons (Fsp3) is 0.483. The molecule has 0 aromatic carbocycles. The first-order valence-corrected chi connectivity index (χ1v) is 13.7. The Balaban J connectivity index is 1.17. The quantitative estimate of drug-likeness (QED) is 0.460. The minimum absolute atomic E-state index is 0.00260. The summed E-state index contributed by atoms with van der Waals surface area (Å²) in [5.41, 5.74) is 2.01. The van der Waals surface area contributed by atoms with Gasteiger partial charge in [-0.1, -0.05) is 17.7 Å². The van der Waals surface area contributed by atoms with E-state index >= 15 is 0 Å². The molecule has 6 rings (SSSR count).